The molecule has 2 aromatic rings. The molecule has 0 spiro atoms. The SMILES string of the molecule is Cc1sc(NC(=O)c2sc(=O)n(C)c2C)c(C(N)=O)c1C. The van der Waals surface area contributed by atoms with Gasteiger partial charge in [0.15, 0.2) is 0 Å². The van der Waals surface area contributed by atoms with Crippen LogP contribution >= 0.6 is 22.7 Å². The number of nitrogens with zero attached hydrogens (tertiary/aromatic N) is 1. The summed E-state index contributed by atoms with van der Waals surface area (Å²) in [7, 11) is 1.61. The van der Waals surface area contributed by atoms with Gasteiger partial charge in [-0.15, -0.1) is 11.3 Å². The van der Waals surface area contributed by atoms with Crippen LogP contribution in [0, 0.1) is 20.8 Å². The Hall–Kier alpha value is -1.93. The van der Waals surface area contributed by atoms with Gasteiger partial charge in [0, 0.05) is 17.6 Å². The standard InChI is InChI=1S/C13H15N3O3S2/c1-5-7(3)20-12(8(5)10(14)17)15-11(18)9-6(2)16(4)13(19)21-9/h1-4H3,(H2,14,17)(H,15,18). The Kier molecular flexibility index (Phi) is 4.02. The fourth-order valence-corrected chi connectivity index (χ4v) is 3.84. The summed E-state index contributed by atoms with van der Waals surface area (Å²) in [5, 5.41) is 3.11. The minimum absolute atomic E-state index is 0.202. The summed E-state index contributed by atoms with van der Waals surface area (Å²) in [5.41, 5.74) is 7.05. The smallest absolute Gasteiger partial charge is 0.307 e. The second-order valence-electron chi connectivity index (χ2n) is 4.65. The minimum Gasteiger partial charge on any atom is -0.365 e. The highest BCUT2D eigenvalue weighted by Crippen LogP contribution is 2.32. The number of primary amides is 1. The monoisotopic (exact) mass is 325 g/mol. The lowest BCUT2D eigenvalue weighted by Gasteiger charge is -2.04. The van der Waals surface area contributed by atoms with Gasteiger partial charge >= 0.3 is 4.87 Å². The number of carbonyl (C=O) groups excluding carboxylic acids is 2. The average Bonchev–Trinajstić information content (AvgIpc) is 2.81. The highest BCUT2D eigenvalue weighted by molar-refractivity contribution is 7.17. The lowest BCUT2D eigenvalue weighted by molar-refractivity contribution is 0.100. The Morgan fingerprint density at radius 3 is 2.29 bits per heavy atom. The molecule has 0 radical (unpaired) electrons. The molecule has 2 aromatic heterocycles. The fraction of sp³-hybridized carbons (Fsp3) is 0.308. The van der Waals surface area contributed by atoms with E-state index in [9.17, 15) is 14.4 Å². The van der Waals surface area contributed by atoms with Crippen molar-refractivity contribution >= 4 is 39.5 Å². The van der Waals surface area contributed by atoms with Crippen LogP contribution in [0.15, 0.2) is 4.79 Å². The number of aromatic nitrogens is 1. The lowest BCUT2D eigenvalue weighted by Crippen LogP contribution is -2.17. The van der Waals surface area contributed by atoms with Crippen LogP contribution in [0.3, 0.4) is 0 Å². The summed E-state index contributed by atoms with van der Waals surface area (Å²) in [6.45, 7) is 5.34. The summed E-state index contributed by atoms with van der Waals surface area (Å²) >= 11 is 2.17. The van der Waals surface area contributed by atoms with Gasteiger partial charge < -0.3 is 15.6 Å². The topological polar surface area (TPSA) is 94.2 Å². The van der Waals surface area contributed by atoms with Gasteiger partial charge in [-0.25, -0.2) is 0 Å². The van der Waals surface area contributed by atoms with Gasteiger partial charge in [0.05, 0.1) is 5.56 Å². The van der Waals surface area contributed by atoms with Gasteiger partial charge in [-0.1, -0.05) is 11.3 Å². The summed E-state index contributed by atoms with van der Waals surface area (Å²) in [5.74, 6) is -0.982. The van der Waals surface area contributed by atoms with Crippen molar-refractivity contribution < 1.29 is 9.59 Å². The number of nitrogens with one attached hydrogen (secondary N) is 1. The number of thiazole rings is 1. The highest BCUT2D eigenvalue weighted by Gasteiger charge is 2.22. The lowest BCUT2D eigenvalue weighted by atomic mass is 10.1. The molecule has 112 valence electrons. The number of hydrogen-bond acceptors (Lipinski definition) is 5. The van der Waals surface area contributed by atoms with E-state index in [0.717, 1.165) is 21.8 Å². The first-order chi connectivity index (χ1) is 9.73. The Balaban J connectivity index is 2.41. The van der Waals surface area contributed by atoms with Crippen molar-refractivity contribution in [1.29, 1.82) is 0 Å². The van der Waals surface area contributed by atoms with Crippen LogP contribution in [0.1, 0.15) is 36.2 Å². The van der Waals surface area contributed by atoms with Crippen molar-refractivity contribution in [1.82, 2.24) is 4.57 Å². The Morgan fingerprint density at radius 1 is 1.19 bits per heavy atom. The van der Waals surface area contributed by atoms with Crippen molar-refractivity contribution in [3.05, 3.63) is 36.2 Å². The molecule has 0 aliphatic heterocycles. The Morgan fingerprint density at radius 2 is 1.81 bits per heavy atom. The predicted octanol–water partition coefficient (Wildman–Crippen LogP) is 1.78. The molecule has 2 heterocycles. The molecule has 2 rings (SSSR count). The zero-order valence-corrected chi connectivity index (χ0v) is 13.7. The van der Waals surface area contributed by atoms with E-state index < -0.39 is 11.8 Å². The molecule has 2 amide bonds. The predicted molar refractivity (Wildman–Crippen MR) is 84.6 cm³/mol. The van der Waals surface area contributed by atoms with Crippen LogP contribution in [0.25, 0.3) is 0 Å². The first kappa shape index (κ1) is 15.5. The maximum atomic E-state index is 12.3. The van der Waals surface area contributed by atoms with E-state index in [1.54, 1.807) is 20.9 Å². The van der Waals surface area contributed by atoms with Gasteiger partial charge in [-0.2, -0.15) is 0 Å². The van der Waals surface area contributed by atoms with Crippen LogP contribution < -0.4 is 15.9 Å². The van der Waals surface area contributed by atoms with Crippen molar-refractivity contribution in [3.63, 3.8) is 0 Å². The third-order valence-corrected chi connectivity index (χ3v) is 5.62. The number of nitrogens with two attached hydrogens (primary N) is 1. The molecule has 0 fully saturated rings. The number of amides is 2. The molecular formula is C13H15N3O3S2. The molecular weight excluding hydrogens is 310 g/mol. The number of anilines is 1. The molecule has 21 heavy (non-hydrogen) atoms. The third-order valence-electron chi connectivity index (χ3n) is 3.36. The van der Waals surface area contributed by atoms with Crippen LogP contribution in [-0.4, -0.2) is 16.4 Å². The molecule has 0 aliphatic carbocycles. The number of thiophene rings is 1. The van der Waals surface area contributed by atoms with Crippen LogP contribution in [0.2, 0.25) is 0 Å². The van der Waals surface area contributed by atoms with E-state index in [0.29, 0.717) is 21.1 Å². The number of carbonyl (C=O) groups is 2. The molecule has 0 aromatic carbocycles. The Labute approximate surface area is 129 Å². The van der Waals surface area contributed by atoms with Gasteiger partial charge in [-0.3, -0.25) is 14.4 Å². The molecule has 0 bridgehead atoms. The van der Waals surface area contributed by atoms with Crippen molar-refractivity contribution in [2.75, 3.05) is 5.32 Å². The molecule has 0 unspecified atom stereocenters. The minimum atomic E-state index is -0.579. The van der Waals surface area contributed by atoms with Crippen molar-refractivity contribution in [3.8, 4) is 0 Å². The van der Waals surface area contributed by atoms with E-state index in [-0.39, 0.29) is 4.87 Å². The zero-order chi connectivity index (χ0) is 15.9. The number of rotatable bonds is 3. The van der Waals surface area contributed by atoms with Gasteiger partial charge in [0.2, 0.25) is 0 Å². The van der Waals surface area contributed by atoms with E-state index in [2.05, 4.69) is 5.32 Å². The molecule has 0 saturated heterocycles. The maximum Gasteiger partial charge on any atom is 0.307 e. The Bertz CT molecular complexity index is 798. The summed E-state index contributed by atoms with van der Waals surface area (Å²) in [4.78, 5) is 36.4. The van der Waals surface area contributed by atoms with Crippen molar-refractivity contribution in [2.24, 2.45) is 12.8 Å². The van der Waals surface area contributed by atoms with Gasteiger partial charge in [0.25, 0.3) is 11.8 Å². The molecule has 8 heteroatoms. The highest BCUT2D eigenvalue weighted by atomic mass is 32.1. The maximum absolute atomic E-state index is 12.3. The summed E-state index contributed by atoms with van der Waals surface area (Å²) in [6, 6.07) is 0. The van der Waals surface area contributed by atoms with E-state index in [4.69, 9.17) is 5.73 Å². The van der Waals surface area contributed by atoms with E-state index >= 15 is 0 Å². The fourth-order valence-electron chi connectivity index (χ4n) is 1.90. The van der Waals surface area contributed by atoms with Crippen LogP contribution in [0.5, 0.6) is 0 Å². The first-order valence-corrected chi connectivity index (χ1v) is 7.74. The number of aryl methyl sites for hydroxylation is 1. The van der Waals surface area contributed by atoms with Gasteiger partial charge in [0.1, 0.15) is 9.88 Å². The molecule has 3 N–H and O–H groups in total. The first-order valence-electron chi connectivity index (χ1n) is 6.11. The van der Waals surface area contributed by atoms with Crippen LogP contribution in [-0.2, 0) is 7.05 Å². The van der Waals surface area contributed by atoms with Crippen molar-refractivity contribution in [2.45, 2.75) is 20.8 Å². The molecule has 6 nitrogen and oxygen atoms in total. The quantitative estimate of drug-likeness (QED) is 0.900. The summed E-state index contributed by atoms with van der Waals surface area (Å²) < 4.78 is 1.42. The molecule has 0 aliphatic rings. The largest absolute Gasteiger partial charge is 0.365 e. The molecule has 0 atom stereocenters. The third kappa shape index (κ3) is 2.64. The average molecular weight is 325 g/mol. The summed E-state index contributed by atoms with van der Waals surface area (Å²) in [6.07, 6.45) is 0. The van der Waals surface area contributed by atoms with E-state index in [1.165, 1.54) is 15.9 Å². The van der Waals surface area contributed by atoms with E-state index in [1.807, 2.05) is 6.92 Å². The normalized spacial score (nSPS) is 10.7. The van der Waals surface area contributed by atoms with Crippen LogP contribution in [0.4, 0.5) is 5.00 Å². The number of hydrogen-bond donors (Lipinski definition) is 2. The zero-order valence-electron chi connectivity index (χ0n) is 12.1. The second-order valence-corrected chi connectivity index (χ2v) is 6.83. The second kappa shape index (κ2) is 5.45. The molecule has 0 saturated carbocycles. The van der Waals surface area contributed by atoms with Gasteiger partial charge in [-0.05, 0) is 26.3 Å².